The van der Waals surface area contributed by atoms with Crippen molar-refractivity contribution < 1.29 is 14.3 Å². The highest BCUT2D eigenvalue weighted by Crippen LogP contribution is 2.20. The molecule has 0 atom stereocenters. The lowest BCUT2D eigenvalue weighted by atomic mass is 10.1. The Hall–Kier alpha value is -1.62. The zero-order valence-corrected chi connectivity index (χ0v) is 11.7. The predicted octanol–water partition coefficient (Wildman–Crippen LogP) is 2.30. The molecule has 0 fully saturated rings. The lowest BCUT2D eigenvalue weighted by Crippen LogP contribution is -2.27. The van der Waals surface area contributed by atoms with Gasteiger partial charge in [-0.15, -0.1) is 0 Å². The van der Waals surface area contributed by atoms with E-state index in [1.807, 2.05) is 25.9 Å². The van der Waals surface area contributed by atoms with Crippen molar-refractivity contribution in [1.82, 2.24) is 4.90 Å². The molecule has 1 N–H and O–H groups in total. The third-order valence-electron chi connectivity index (χ3n) is 2.95. The number of carboxylic acids is 1. The van der Waals surface area contributed by atoms with Gasteiger partial charge >= 0.3 is 5.97 Å². The quantitative estimate of drug-likeness (QED) is 0.824. The van der Waals surface area contributed by atoms with Crippen molar-refractivity contribution in [2.45, 2.75) is 13.3 Å². The van der Waals surface area contributed by atoms with Crippen molar-refractivity contribution in [2.75, 3.05) is 38.6 Å². The molecule has 19 heavy (non-hydrogen) atoms. The molecule has 0 saturated carbocycles. The lowest BCUT2D eigenvalue weighted by molar-refractivity contribution is 0.0696. The van der Waals surface area contributed by atoms with Crippen molar-refractivity contribution in [3.05, 3.63) is 29.6 Å². The molecule has 1 aromatic rings. The van der Waals surface area contributed by atoms with Gasteiger partial charge in [0.05, 0.1) is 11.3 Å². The fourth-order valence-corrected chi connectivity index (χ4v) is 1.92. The Morgan fingerprint density at radius 1 is 1.32 bits per heavy atom. The van der Waals surface area contributed by atoms with Crippen LogP contribution in [0.2, 0.25) is 0 Å². The molecule has 5 heteroatoms. The summed E-state index contributed by atoms with van der Waals surface area (Å²) in [6.07, 6.45) is 0.932. The molecule has 0 amide bonds. The smallest absolute Gasteiger partial charge is 0.335 e. The number of halogens is 1. The number of nitrogens with zero attached hydrogens (tertiary/aromatic N) is 2. The Kier molecular flexibility index (Phi) is 5.76. The number of carboxylic acid groups (broad SMARTS) is 1. The lowest BCUT2D eigenvalue weighted by Gasteiger charge is -2.24. The van der Waals surface area contributed by atoms with E-state index in [4.69, 9.17) is 5.11 Å². The van der Waals surface area contributed by atoms with E-state index in [2.05, 4.69) is 4.90 Å². The molecule has 0 unspecified atom stereocenters. The van der Waals surface area contributed by atoms with Gasteiger partial charge in [0.15, 0.2) is 0 Å². The second-order valence-corrected chi connectivity index (χ2v) is 4.71. The number of hydrogen-bond donors (Lipinski definition) is 1. The molecule has 0 spiro atoms. The Morgan fingerprint density at radius 3 is 2.47 bits per heavy atom. The highest BCUT2D eigenvalue weighted by Gasteiger charge is 2.12. The summed E-state index contributed by atoms with van der Waals surface area (Å²) in [6.45, 7) is 4.33. The largest absolute Gasteiger partial charge is 0.478 e. The van der Waals surface area contributed by atoms with Crippen LogP contribution in [0.25, 0.3) is 0 Å². The van der Waals surface area contributed by atoms with Gasteiger partial charge in [-0.3, -0.25) is 0 Å². The first kappa shape index (κ1) is 15.4. The standard InChI is InChI=1S/C14H21FN2O2/c1-4-17(9-5-8-16(2)3)13-7-6-11(14(18)19)10-12(13)15/h6-7,10H,4-5,8-9H2,1-3H3,(H,18,19). The number of rotatable bonds is 7. The Balaban J connectivity index is 2.78. The fraction of sp³-hybridized carbons (Fsp3) is 0.500. The Labute approximate surface area is 113 Å². The Morgan fingerprint density at radius 2 is 2.00 bits per heavy atom. The molecule has 0 aliphatic rings. The summed E-state index contributed by atoms with van der Waals surface area (Å²) in [5, 5.41) is 8.81. The fourth-order valence-electron chi connectivity index (χ4n) is 1.92. The minimum absolute atomic E-state index is 0.0226. The predicted molar refractivity (Wildman–Crippen MR) is 74.4 cm³/mol. The molecule has 0 aromatic heterocycles. The molecule has 0 bridgehead atoms. The van der Waals surface area contributed by atoms with Gasteiger partial charge in [0.2, 0.25) is 0 Å². The van der Waals surface area contributed by atoms with Gasteiger partial charge in [0.25, 0.3) is 0 Å². The average molecular weight is 268 g/mol. The highest BCUT2D eigenvalue weighted by atomic mass is 19.1. The van der Waals surface area contributed by atoms with Crippen LogP contribution in [0.15, 0.2) is 18.2 Å². The molecule has 1 rings (SSSR count). The maximum Gasteiger partial charge on any atom is 0.335 e. The van der Waals surface area contributed by atoms with Crippen LogP contribution in [0.5, 0.6) is 0 Å². The topological polar surface area (TPSA) is 43.8 Å². The molecule has 0 heterocycles. The zero-order valence-electron chi connectivity index (χ0n) is 11.7. The number of hydrogen-bond acceptors (Lipinski definition) is 3. The second kappa shape index (κ2) is 7.09. The average Bonchev–Trinajstić information content (AvgIpc) is 2.34. The van der Waals surface area contributed by atoms with Gasteiger partial charge < -0.3 is 14.9 Å². The van der Waals surface area contributed by atoms with Gasteiger partial charge in [0.1, 0.15) is 5.82 Å². The maximum atomic E-state index is 13.9. The zero-order chi connectivity index (χ0) is 14.4. The number of aromatic carboxylic acids is 1. The van der Waals surface area contributed by atoms with Crippen LogP contribution in [0.4, 0.5) is 10.1 Å². The van der Waals surface area contributed by atoms with Crippen LogP contribution in [-0.2, 0) is 0 Å². The van der Waals surface area contributed by atoms with Crippen molar-refractivity contribution in [2.24, 2.45) is 0 Å². The van der Waals surface area contributed by atoms with E-state index in [1.54, 1.807) is 0 Å². The van der Waals surface area contributed by atoms with Crippen molar-refractivity contribution >= 4 is 11.7 Å². The molecule has 1 aromatic carbocycles. The van der Waals surface area contributed by atoms with Crippen molar-refractivity contribution in [3.63, 3.8) is 0 Å². The van der Waals surface area contributed by atoms with Gasteiger partial charge in [-0.2, -0.15) is 0 Å². The molecule has 4 nitrogen and oxygen atoms in total. The summed E-state index contributed by atoms with van der Waals surface area (Å²) in [4.78, 5) is 14.8. The molecular weight excluding hydrogens is 247 g/mol. The summed E-state index contributed by atoms with van der Waals surface area (Å²) in [5.74, 6) is -1.59. The molecule has 0 saturated heterocycles. The van der Waals surface area contributed by atoms with Crippen molar-refractivity contribution in [1.29, 1.82) is 0 Å². The number of benzene rings is 1. The van der Waals surface area contributed by atoms with Gasteiger partial charge in [0, 0.05) is 13.1 Å². The van der Waals surface area contributed by atoms with E-state index in [1.165, 1.54) is 12.1 Å². The first-order chi connectivity index (χ1) is 8.95. The van der Waals surface area contributed by atoms with Crippen molar-refractivity contribution in [3.8, 4) is 0 Å². The number of carbonyl (C=O) groups is 1. The maximum absolute atomic E-state index is 13.9. The third-order valence-corrected chi connectivity index (χ3v) is 2.95. The van der Waals surface area contributed by atoms with E-state index < -0.39 is 11.8 Å². The minimum Gasteiger partial charge on any atom is -0.478 e. The summed E-state index contributed by atoms with van der Waals surface area (Å²) < 4.78 is 13.9. The number of anilines is 1. The Bertz CT molecular complexity index is 435. The normalized spacial score (nSPS) is 10.8. The van der Waals surface area contributed by atoms with Crippen LogP contribution in [0.1, 0.15) is 23.7 Å². The first-order valence-electron chi connectivity index (χ1n) is 6.38. The summed E-state index contributed by atoms with van der Waals surface area (Å²) in [5.41, 5.74) is 0.442. The molecule has 0 aliphatic heterocycles. The van der Waals surface area contributed by atoms with E-state index >= 15 is 0 Å². The van der Waals surface area contributed by atoms with Crippen LogP contribution < -0.4 is 4.90 Å². The van der Waals surface area contributed by atoms with E-state index in [-0.39, 0.29) is 5.56 Å². The van der Waals surface area contributed by atoms with Gasteiger partial charge in [-0.1, -0.05) is 0 Å². The third kappa shape index (κ3) is 4.52. The van der Waals surface area contributed by atoms with E-state index in [0.29, 0.717) is 12.2 Å². The van der Waals surface area contributed by atoms with E-state index in [9.17, 15) is 9.18 Å². The second-order valence-electron chi connectivity index (χ2n) is 4.71. The minimum atomic E-state index is -1.11. The molecule has 0 aliphatic carbocycles. The summed E-state index contributed by atoms with van der Waals surface area (Å²) >= 11 is 0. The monoisotopic (exact) mass is 268 g/mol. The van der Waals surface area contributed by atoms with Crippen LogP contribution in [0, 0.1) is 5.82 Å². The van der Waals surface area contributed by atoms with Crippen LogP contribution in [0.3, 0.4) is 0 Å². The summed E-state index contributed by atoms with van der Waals surface area (Å²) in [6, 6.07) is 4.06. The molecule has 106 valence electrons. The van der Waals surface area contributed by atoms with Gasteiger partial charge in [-0.25, -0.2) is 9.18 Å². The van der Waals surface area contributed by atoms with E-state index in [0.717, 1.165) is 25.6 Å². The molecular formula is C14H21FN2O2. The first-order valence-corrected chi connectivity index (χ1v) is 6.38. The highest BCUT2D eigenvalue weighted by molar-refractivity contribution is 5.88. The summed E-state index contributed by atoms with van der Waals surface area (Å²) in [7, 11) is 4.00. The van der Waals surface area contributed by atoms with Crippen LogP contribution in [-0.4, -0.2) is 49.7 Å². The van der Waals surface area contributed by atoms with Crippen LogP contribution >= 0.6 is 0 Å². The molecule has 0 radical (unpaired) electrons. The van der Waals surface area contributed by atoms with Gasteiger partial charge in [-0.05, 0) is 52.2 Å². The SMILES string of the molecule is CCN(CCCN(C)C)c1ccc(C(=O)O)cc1F.